The van der Waals surface area contributed by atoms with Crippen LogP contribution < -0.4 is 0 Å². The number of ether oxygens (including phenoxy) is 2. The van der Waals surface area contributed by atoms with Crippen LogP contribution in [0.5, 0.6) is 0 Å². The summed E-state index contributed by atoms with van der Waals surface area (Å²) in [5, 5.41) is 0. The average molecular weight is 184 g/mol. The lowest BCUT2D eigenvalue weighted by Gasteiger charge is -2.22. The molecule has 0 unspecified atom stereocenters. The van der Waals surface area contributed by atoms with Gasteiger partial charge in [0.25, 0.3) is 0 Å². The van der Waals surface area contributed by atoms with E-state index in [2.05, 4.69) is 6.92 Å². The van der Waals surface area contributed by atoms with Crippen molar-refractivity contribution >= 4 is 0 Å². The van der Waals surface area contributed by atoms with E-state index >= 15 is 0 Å². The van der Waals surface area contributed by atoms with Crippen LogP contribution in [0.2, 0.25) is 0 Å². The molecule has 0 fully saturated rings. The Balaban J connectivity index is 1.99. The normalized spacial score (nSPS) is 18.3. The molecule has 1 aliphatic heterocycles. The Morgan fingerprint density at radius 2 is 1.62 bits per heavy atom. The molecule has 0 spiro atoms. The largest absolute Gasteiger partial charge is 0.457 e. The standard InChI is InChI=1S/C11H20O2/c1-3-4-5-6-7-8-11(2)12-9-10-13-11/h9-10H,3-8H2,1-2H3. The zero-order valence-electron chi connectivity index (χ0n) is 8.71. The Bertz CT molecular complexity index is 155. The SMILES string of the molecule is CCCCCCCC1(C)OC=CO1. The van der Waals surface area contributed by atoms with Crippen LogP contribution in [-0.4, -0.2) is 5.79 Å². The first kappa shape index (κ1) is 10.4. The average Bonchev–Trinajstić information content (AvgIpc) is 2.53. The molecular formula is C11H20O2. The summed E-state index contributed by atoms with van der Waals surface area (Å²) in [6.07, 6.45) is 10.7. The van der Waals surface area contributed by atoms with E-state index in [-0.39, 0.29) is 5.79 Å². The Hall–Kier alpha value is -0.660. The Labute approximate surface area is 80.9 Å². The predicted octanol–water partition coefficient (Wildman–Crippen LogP) is 3.58. The molecule has 0 radical (unpaired) electrons. The van der Waals surface area contributed by atoms with Gasteiger partial charge in [-0.05, 0) is 6.42 Å². The molecule has 1 rings (SSSR count). The third kappa shape index (κ3) is 3.71. The first-order chi connectivity index (χ1) is 6.27. The Morgan fingerprint density at radius 3 is 2.23 bits per heavy atom. The van der Waals surface area contributed by atoms with Gasteiger partial charge in [-0.1, -0.05) is 32.6 Å². The summed E-state index contributed by atoms with van der Waals surface area (Å²) in [7, 11) is 0. The van der Waals surface area contributed by atoms with Gasteiger partial charge >= 0.3 is 0 Å². The fourth-order valence-corrected chi connectivity index (χ4v) is 1.54. The van der Waals surface area contributed by atoms with Gasteiger partial charge in [-0.15, -0.1) is 0 Å². The van der Waals surface area contributed by atoms with Crippen molar-refractivity contribution in [2.24, 2.45) is 0 Å². The van der Waals surface area contributed by atoms with E-state index in [4.69, 9.17) is 9.47 Å². The molecule has 0 N–H and O–H groups in total. The third-order valence-electron chi connectivity index (χ3n) is 2.42. The smallest absolute Gasteiger partial charge is 0.247 e. The molecule has 76 valence electrons. The summed E-state index contributed by atoms with van der Waals surface area (Å²) in [6, 6.07) is 0. The molecular weight excluding hydrogens is 164 g/mol. The topological polar surface area (TPSA) is 18.5 Å². The molecule has 0 amide bonds. The van der Waals surface area contributed by atoms with Gasteiger partial charge in [0.2, 0.25) is 5.79 Å². The molecule has 0 bridgehead atoms. The van der Waals surface area contributed by atoms with Gasteiger partial charge in [-0.3, -0.25) is 0 Å². The van der Waals surface area contributed by atoms with Gasteiger partial charge < -0.3 is 9.47 Å². The molecule has 0 aromatic carbocycles. The lowest BCUT2D eigenvalue weighted by molar-refractivity contribution is -0.131. The van der Waals surface area contributed by atoms with Crippen LogP contribution in [0.25, 0.3) is 0 Å². The minimum absolute atomic E-state index is 0.369. The third-order valence-corrected chi connectivity index (χ3v) is 2.42. The second-order valence-corrected chi connectivity index (χ2v) is 3.81. The van der Waals surface area contributed by atoms with Gasteiger partial charge in [0.05, 0.1) is 0 Å². The highest BCUT2D eigenvalue weighted by atomic mass is 16.7. The second kappa shape index (κ2) is 5.15. The number of unbranched alkanes of at least 4 members (excludes halogenated alkanes) is 4. The van der Waals surface area contributed by atoms with E-state index in [0.29, 0.717) is 0 Å². The van der Waals surface area contributed by atoms with Gasteiger partial charge in [-0.2, -0.15) is 0 Å². The molecule has 1 heterocycles. The van der Waals surface area contributed by atoms with Crippen molar-refractivity contribution in [2.75, 3.05) is 0 Å². The monoisotopic (exact) mass is 184 g/mol. The lowest BCUT2D eigenvalue weighted by Crippen LogP contribution is -2.24. The Kier molecular flexibility index (Phi) is 4.13. The zero-order valence-corrected chi connectivity index (χ0v) is 8.71. The van der Waals surface area contributed by atoms with E-state index in [1.807, 2.05) is 6.92 Å². The first-order valence-corrected chi connectivity index (χ1v) is 5.27. The van der Waals surface area contributed by atoms with Crippen molar-refractivity contribution in [3.8, 4) is 0 Å². The minimum atomic E-state index is -0.369. The summed E-state index contributed by atoms with van der Waals surface area (Å²) < 4.78 is 10.7. The molecule has 0 aromatic heterocycles. The summed E-state index contributed by atoms with van der Waals surface area (Å²) in [5.74, 6) is -0.369. The first-order valence-electron chi connectivity index (χ1n) is 5.27. The molecule has 0 saturated heterocycles. The highest BCUT2D eigenvalue weighted by Crippen LogP contribution is 2.25. The van der Waals surface area contributed by atoms with Crippen LogP contribution in [0.1, 0.15) is 52.4 Å². The minimum Gasteiger partial charge on any atom is -0.457 e. The predicted molar refractivity (Wildman–Crippen MR) is 53.1 cm³/mol. The zero-order chi connectivity index (χ0) is 9.57. The molecule has 0 saturated carbocycles. The lowest BCUT2D eigenvalue weighted by atomic mass is 10.1. The number of hydrogen-bond acceptors (Lipinski definition) is 2. The summed E-state index contributed by atoms with van der Waals surface area (Å²) in [4.78, 5) is 0. The number of hydrogen-bond donors (Lipinski definition) is 0. The molecule has 0 atom stereocenters. The van der Waals surface area contributed by atoms with E-state index in [1.54, 1.807) is 12.5 Å². The van der Waals surface area contributed by atoms with E-state index < -0.39 is 0 Å². The molecule has 1 aliphatic rings. The van der Waals surface area contributed by atoms with Crippen LogP contribution >= 0.6 is 0 Å². The molecule has 0 aliphatic carbocycles. The molecule has 2 heteroatoms. The maximum Gasteiger partial charge on any atom is 0.247 e. The van der Waals surface area contributed by atoms with E-state index in [0.717, 1.165) is 6.42 Å². The molecule has 2 nitrogen and oxygen atoms in total. The summed E-state index contributed by atoms with van der Waals surface area (Å²) in [5.41, 5.74) is 0. The van der Waals surface area contributed by atoms with Crippen LogP contribution in [-0.2, 0) is 9.47 Å². The fourth-order valence-electron chi connectivity index (χ4n) is 1.54. The van der Waals surface area contributed by atoms with Crippen molar-refractivity contribution < 1.29 is 9.47 Å². The van der Waals surface area contributed by atoms with Gasteiger partial charge in [0, 0.05) is 13.3 Å². The Morgan fingerprint density at radius 1 is 1.00 bits per heavy atom. The maximum absolute atomic E-state index is 5.34. The van der Waals surface area contributed by atoms with Gasteiger partial charge in [0.1, 0.15) is 12.5 Å². The molecule has 0 aromatic rings. The van der Waals surface area contributed by atoms with Crippen molar-refractivity contribution in [3.63, 3.8) is 0 Å². The second-order valence-electron chi connectivity index (χ2n) is 3.81. The summed E-state index contributed by atoms with van der Waals surface area (Å²) >= 11 is 0. The summed E-state index contributed by atoms with van der Waals surface area (Å²) in [6.45, 7) is 4.22. The van der Waals surface area contributed by atoms with Crippen LogP contribution in [0.15, 0.2) is 12.5 Å². The van der Waals surface area contributed by atoms with E-state index in [1.165, 1.54) is 32.1 Å². The maximum atomic E-state index is 5.34. The van der Waals surface area contributed by atoms with Crippen LogP contribution in [0, 0.1) is 0 Å². The van der Waals surface area contributed by atoms with Gasteiger partial charge in [0.15, 0.2) is 0 Å². The highest BCUT2D eigenvalue weighted by molar-refractivity contribution is 4.79. The van der Waals surface area contributed by atoms with E-state index in [9.17, 15) is 0 Å². The fraction of sp³-hybridized carbons (Fsp3) is 0.818. The van der Waals surface area contributed by atoms with Crippen LogP contribution in [0.3, 0.4) is 0 Å². The van der Waals surface area contributed by atoms with Gasteiger partial charge in [-0.25, -0.2) is 0 Å². The quantitative estimate of drug-likeness (QED) is 0.587. The van der Waals surface area contributed by atoms with Crippen molar-refractivity contribution in [3.05, 3.63) is 12.5 Å². The van der Waals surface area contributed by atoms with Crippen molar-refractivity contribution in [2.45, 2.75) is 58.2 Å². The van der Waals surface area contributed by atoms with Crippen molar-refractivity contribution in [1.29, 1.82) is 0 Å². The molecule has 13 heavy (non-hydrogen) atoms. The number of rotatable bonds is 6. The van der Waals surface area contributed by atoms with Crippen molar-refractivity contribution in [1.82, 2.24) is 0 Å². The highest BCUT2D eigenvalue weighted by Gasteiger charge is 2.28. The van der Waals surface area contributed by atoms with Crippen LogP contribution in [0.4, 0.5) is 0 Å².